The molecule has 18 heavy (non-hydrogen) atoms. The summed E-state index contributed by atoms with van der Waals surface area (Å²) in [6, 6.07) is 8.65. The zero-order valence-electron chi connectivity index (χ0n) is 11.5. The molecule has 0 fully saturated rings. The molecule has 0 aromatic heterocycles. The number of hydrogen-bond donors (Lipinski definition) is 1. The summed E-state index contributed by atoms with van der Waals surface area (Å²) in [5, 5.41) is 0. The van der Waals surface area contributed by atoms with Crippen LogP contribution in [0.5, 0.6) is 0 Å². The minimum Gasteiger partial charge on any atom is -0.379 e. The predicted molar refractivity (Wildman–Crippen MR) is 76.1 cm³/mol. The van der Waals surface area contributed by atoms with Gasteiger partial charge in [0.2, 0.25) is 0 Å². The highest BCUT2D eigenvalue weighted by Gasteiger charge is 2.33. The third kappa shape index (κ3) is 2.52. The molecule has 0 saturated heterocycles. The standard InChI is InChI=1S/C15H24N2O/c1-3-18-12-15(2,11-16)17-10-6-8-13-7-4-5-9-14(13)17/h4-5,7,9H,3,6,8,10-12,16H2,1-2H3. The first-order chi connectivity index (χ1) is 8.71. The Kier molecular flexibility index (Phi) is 4.25. The topological polar surface area (TPSA) is 38.5 Å². The van der Waals surface area contributed by atoms with Crippen LogP contribution in [0.1, 0.15) is 25.8 Å². The number of para-hydroxylation sites is 1. The fraction of sp³-hybridized carbons (Fsp3) is 0.600. The van der Waals surface area contributed by atoms with Crippen LogP contribution in [-0.4, -0.2) is 31.8 Å². The second kappa shape index (κ2) is 5.72. The molecule has 2 rings (SSSR count). The number of anilines is 1. The van der Waals surface area contributed by atoms with E-state index < -0.39 is 0 Å². The van der Waals surface area contributed by atoms with Crippen LogP contribution < -0.4 is 10.6 Å². The van der Waals surface area contributed by atoms with E-state index in [0.717, 1.165) is 13.2 Å². The molecule has 3 heteroatoms. The second-order valence-electron chi connectivity index (χ2n) is 5.22. The molecule has 0 saturated carbocycles. The number of nitrogens with two attached hydrogens (primary N) is 1. The Labute approximate surface area is 110 Å². The van der Waals surface area contributed by atoms with Crippen molar-refractivity contribution in [1.29, 1.82) is 0 Å². The van der Waals surface area contributed by atoms with Crippen molar-refractivity contribution in [1.82, 2.24) is 0 Å². The first-order valence-corrected chi connectivity index (χ1v) is 6.84. The number of nitrogens with zero attached hydrogens (tertiary/aromatic N) is 1. The molecular weight excluding hydrogens is 224 g/mol. The van der Waals surface area contributed by atoms with Crippen LogP contribution in [0.3, 0.4) is 0 Å². The van der Waals surface area contributed by atoms with Gasteiger partial charge in [0, 0.05) is 25.4 Å². The van der Waals surface area contributed by atoms with Crippen LogP contribution >= 0.6 is 0 Å². The normalized spacial score (nSPS) is 18.3. The Hall–Kier alpha value is -1.06. The predicted octanol–water partition coefficient (Wildman–Crippen LogP) is 2.19. The van der Waals surface area contributed by atoms with Gasteiger partial charge < -0.3 is 15.4 Å². The lowest BCUT2D eigenvalue weighted by atomic mass is 9.93. The van der Waals surface area contributed by atoms with Gasteiger partial charge in [0.1, 0.15) is 0 Å². The summed E-state index contributed by atoms with van der Waals surface area (Å²) < 4.78 is 5.64. The van der Waals surface area contributed by atoms with Gasteiger partial charge >= 0.3 is 0 Å². The molecule has 1 aliphatic heterocycles. The van der Waals surface area contributed by atoms with Crippen molar-refractivity contribution in [3.8, 4) is 0 Å². The Balaban J connectivity index is 2.27. The number of fused-ring (bicyclic) bond motifs is 1. The lowest BCUT2D eigenvalue weighted by molar-refractivity contribution is 0.0993. The van der Waals surface area contributed by atoms with Crippen molar-refractivity contribution >= 4 is 5.69 Å². The quantitative estimate of drug-likeness (QED) is 0.868. The molecule has 1 atom stereocenters. The van der Waals surface area contributed by atoms with Gasteiger partial charge in [-0.1, -0.05) is 18.2 Å². The van der Waals surface area contributed by atoms with Gasteiger partial charge in [-0.25, -0.2) is 0 Å². The first-order valence-electron chi connectivity index (χ1n) is 6.84. The van der Waals surface area contributed by atoms with E-state index in [1.54, 1.807) is 0 Å². The molecule has 1 unspecified atom stereocenters. The molecule has 1 aliphatic rings. The molecule has 1 heterocycles. The molecule has 2 N–H and O–H groups in total. The van der Waals surface area contributed by atoms with Gasteiger partial charge in [0.25, 0.3) is 0 Å². The van der Waals surface area contributed by atoms with Crippen molar-refractivity contribution in [2.75, 3.05) is 31.2 Å². The highest BCUT2D eigenvalue weighted by Crippen LogP contribution is 2.32. The Morgan fingerprint density at radius 2 is 2.17 bits per heavy atom. The summed E-state index contributed by atoms with van der Waals surface area (Å²) in [5.74, 6) is 0. The Morgan fingerprint density at radius 1 is 1.39 bits per heavy atom. The monoisotopic (exact) mass is 248 g/mol. The summed E-state index contributed by atoms with van der Waals surface area (Å²) >= 11 is 0. The third-order valence-electron chi connectivity index (χ3n) is 3.82. The largest absolute Gasteiger partial charge is 0.379 e. The molecular formula is C15H24N2O. The van der Waals surface area contributed by atoms with E-state index in [0.29, 0.717) is 13.2 Å². The summed E-state index contributed by atoms with van der Waals surface area (Å²) in [5.41, 5.74) is 8.67. The molecule has 100 valence electrons. The van der Waals surface area contributed by atoms with Crippen LogP contribution in [0.15, 0.2) is 24.3 Å². The van der Waals surface area contributed by atoms with Crippen LogP contribution in [0.4, 0.5) is 5.69 Å². The minimum absolute atomic E-state index is 0.105. The van der Waals surface area contributed by atoms with E-state index >= 15 is 0 Å². The Morgan fingerprint density at radius 3 is 2.89 bits per heavy atom. The van der Waals surface area contributed by atoms with Crippen LogP contribution in [0.2, 0.25) is 0 Å². The van der Waals surface area contributed by atoms with Gasteiger partial charge in [0.15, 0.2) is 0 Å². The maximum absolute atomic E-state index is 6.01. The van der Waals surface area contributed by atoms with Gasteiger partial charge in [0.05, 0.1) is 12.1 Å². The van der Waals surface area contributed by atoms with Crippen LogP contribution in [-0.2, 0) is 11.2 Å². The smallest absolute Gasteiger partial charge is 0.0728 e. The maximum Gasteiger partial charge on any atom is 0.0728 e. The van der Waals surface area contributed by atoms with Crippen LogP contribution in [0.25, 0.3) is 0 Å². The molecule has 0 radical (unpaired) electrons. The number of ether oxygens (including phenoxy) is 1. The maximum atomic E-state index is 6.01. The van der Waals surface area contributed by atoms with E-state index in [2.05, 4.69) is 36.1 Å². The van der Waals surface area contributed by atoms with E-state index in [1.807, 2.05) is 6.92 Å². The number of aryl methyl sites for hydroxylation is 1. The summed E-state index contributed by atoms with van der Waals surface area (Å²) in [4.78, 5) is 2.43. The fourth-order valence-electron chi connectivity index (χ4n) is 2.66. The van der Waals surface area contributed by atoms with Gasteiger partial charge in [-0.15, -0.1) is 0 Å². The summed E-state index contributed by atoms with van der Waals surface area (Å²) in [7, 11) is 0. The van der Waals surface area contributed by atoms with Gasteiger partial charge in [-0.2, -0.15) is 0 Å². The molecule has 0 bridgehead atoms. The van der Waals surface area contributed by atoms with Crippen molar-refractivity contribution in [3.63, 3.8) is 0 Å². The van der Waals surface area contributed by atoms with Crippen molar-refractivity contribution < 1.29 is 4.74 Å². The molecule has 0 aliphatic carbocycles. The number of benzene rings is 1. The average Bonchev–Trinajstić information content (AvgIpc) is 2.44. The van der Waals surface area contributed by atoms with E-state index in [1.165, 1.54) is 24.1 Å². The highest BCUT2D eigenvalue weighted by molar-refractivity contribution is 5.57. The number of rotatable bonds is 5. The molecule has 0 spiro atoms. The highest BCUT2D eigenvalue weighted by atomic mass is 16.5. The fourth-order valence-corrected chi connectivity index (χ4v) is 2.66. The van der Waals surface area contributed by atoms with Gasteiger partial charge in [-0.3, -0.25) is 0 Å². The third-order valence-corrected chi connectivity index (χ3v) is 3.82. The zero-order chi connectivity index (χ0) is 13.0. The molecule has 1 aromatic carbocycles. The summed E-state index contributed by atoms with van der Waals surface area (Å²) in [6.45, 7) is 7.34. The Bertz CT molecular complexity index is 394. The summed E-state index contributed by atoms with van der Waals surface area (Å²) in [6.07, 6.45) is 2.36. The van der Waals surface area contributed by atoms with Crippen molar-refractivity contribution in [3.05, 3.63) is 29.8 Å². The lowest BCUT2D eigenvalue weighted by Crippen LogP contribution is -2.56. The number of hydrogen-bond acceptors (Lipinski definition) is 3. The van der Waals surface area contributed by atoms with Crippen LogP contribution in [0, 0.1) is 0 Å². The van der Waals surface area contributed by atoms with E-state index in [4.69, 9.17) is 10.5 Å². The van der Waals surface area contributed by atoms with E-state index in [9.17, 15) is 0 Å². The molecule has 0 amide bonds. The lowest BCUT2D eigenvalue weighted by Gasteiger charge is -2.45. The van der Waals surface area contributed by atoms with Crippen molar-refractivity contribution in [2.45, 2.75) is 32.2 Å². The first kappa shape index (κ1) is 13.4. The van der Waals surface area contributed by atoms with Gasteiger partial charge in [-0.05, 0) is 38.3 Å². The zero-order valence-corrected chi connectivity index (χ0v) is 11.5. The minimum atomic E-state index is -0.105. The van der Waals surface area contributed by atoms with Crippen molar-refractivity contribution in [2.24, 2.45) is 5.73 Å². The van der Waals surface area contributed by atoms with E-state index in [-0.39, 0.29) is 5.54 Å². The average molecular weight is 248 g/mol. The molecule has 3 nitrogen and oxygen atoms in total. The second-order valence-corrected chi connectivity index (χ2v) is 5.22. The SMILES string of the molecule is CCOCC(C)(CN)N1CCCc2ccccc21. The molecule has 1 aromatic rings.